The van der Waals surface area contributed by atoms with Crippen LogP contribution in [0.2, 0.25) is 0 Å². The lowest BCUT2D eigenvalue weighted by Crippen LogP contribution is -2.36. The van der Waals surface area contributed by atoms with Gasteiger partial charge < -0.3 is 19.1 Å². The van der Waals surface area contributed by atoms with E-state index in [2.05, 4.69) is 0 Å². The minimum absolute atomic E-state index is 0.00784. The summed E-state index contributed by atoms with van der Waals surface area (Å²) in [5.41, 5.74) is 2.10. The summed E-state index contributed by atoms with van der Waals surface area (Å²) in [5.74, 6) is 2.23. The molecular formula is C25H27NO4. The third kappa shape index (κ3) is 6.01. The predicted octanol–water partition coefficient (Wildman–Crippen LogP) is 4.35. The Morgan fingerprint density at radius 3 is 2.20 bits per heavy atom. The van der Waals surface area contributed by atoms with Gasteiger partial charge in [-0.3, -0.25) is 4.79 Å². The van der Waals surface area contributed by atoms with Gasteiger partial charge >= 0.3 is 0 Å². The molecule has 0 N–H and O–H groups in total. The molecule has 0 aliphatic rings. The van der Waals surface area contributed by atoms with Crippen molar-refractivity contribution in [1.29, 1.82) is 0 Å². The van der Waals surface area contributed by atoms with Gasteiger partial charge in [0.1, 0.15) is 17.2 Å². The molecule has 0 aliphatic heterocycles. The molecule has 0 bridgehead atoms. The molecule has 0 aliphatic carbocycles. The number of hydrogen-bond acceptors (Lipinski definition) is 4. The van der Waals surface area contributed by atoms with Crippen molar-refractivity contribution in [3.8, 4) is 17.2 Å². The highest BCUT2D eigenvalue weighted by Crippen LogP contribution is 2.19. The van der Waals surface area contributed by atoms with Crippen molar-refractivity contribution in [3.05, 3.63) is 90.0 Å². The molecule has 3 rings (SSSR count). The zero-order valence-corrected chi connectivity index (χ0v) is 17.4. The van der Waals surface area contributed by atoms with E-state index in [-0.39, 0.29) is 12.5 Å². The van der Waals surface area contributed by atoms with E-state index in [1.807, 2.05) is 83.8 Å². The first-order chi connectivity index (χ1) is 14.7. The topological polar surface area (TPSA) is 48.0 Å². The van der Waals surface area contributed by atoms with Crippen molar-refractivity contribution in [3.63, 3.8) is 0 Å². The number of hydrogen-bond donors (Lipinski definition) is 0. The van der Waals surface area contributed by atoms with Crippen LogP contribution >= 0.6 is 0 Å². The Morgan fingerprint density at radius 2 is 1.50 bits per heavy atom. The molecule has 0 radical (unpaired) electrons. The Labute approximate surface area is 177 Å². The van der Waals surface area contributed by atoms with Crippen LogP contribution < -0.4 is 14.2 Å². The molecule has 0 unspecified atom stereocenters. The maximum atomic E-state index is 13.0. The van der Waals surface area contributed by atoms with E-state index in [4.69, 9.17) is 14.2 Å². The molecule has 5 nitrogen and oxygen atoms in total. The van der Waals surface area contributed by atoms with Crippen LogP contribution in [-0.4, -0.2) is 38.2 Å². The molecule has 0 fully saturated rings. The Morgan fingerprint density at radius 1 is 0.800 bits per heavy atom. The van der Waals surface area contributed by atoms with E-state index in [1.165, 1.54) is 0 Å². The number of methoxy groups -OCH3 is 2. The molecule has 0 saturated heterocycles. The quantitative estimate of drug-likeness (QED) is 0.503. The van der Waals surface area contributed by atoms with Crippen molar-refractivity contribution in [2.45, 2.75) is 13.0 Å². The van der Waals surface area contributed by atoms with Crippen molar-refractivity contribution < 1.29 is 19.0 Å². The van der Waals surface area contributed by atoms with Gasteiger partial charge in [-0.2, -0.15) is 0 Å². The predicted molar refractivity (Wildman–Crippen MR) is 117 cm³/mol. The van der Waals surface area contributed by atoms with Crippen LogP contribution in [0, 0.1) is 0 Å². The summed E-state index contributed by atoms with van der Waals surface area (Å²) >= 11 is 0. The second kappa shape index (κ2) is 10.9. The van der Waals surface area contributed by atoms with Gasteiger partial charge in [0, 0.05) is 13.1 Å². The molecule has 1 amide bonds. The average Bonchev–Trinajstić information content (AvgIpc) is 2.81. The molecule has 3 aromatic rings. The van der Waals surface area contributed by atoms with Crippen molar-refractivity contribution in [1.82, 2.24) is 4.90 Å². The number of benzene rings is 3. The highest BCUT2D eigenvalue weighted by Gasteiger charge is 2.16. The van der Waals surface area contributed by atoms with Crippen LogP contribution in [-0.2, 0) is 17.8 Å². The lowest BCUT2D eigenvalue weighted by atomic mass is 10.1. The Hall–Kier alpha value is -3.47. The van der Waals surface area contributed by atoms with Crippen LogP contribution in [0.5, 0.6) is 17.2 Å². The van der Waals surface area contributed by atoms with Gasteiger partial charge in [-0.15, -0.1) is 0 Å². The standard InChI is InChI=1S/C25H27NO4/c1-28-22-14-12-20(13-15-22)18-26(17-16-21-8-6-7-11-24(21)29-2)25(27)19-30-23-9-4-3-5-10-23/h3-15H,16-19H2,1-2H3. The number of ether oxygens (including phenoxy) is 3. The molecule has 0 heterocycles. The van der Waals surface area contributed by atoms with Crippen LogP contribution in [0.4, 0.5) is 0 Å². The third-order valence-corrected chi connectivity index (χ3v) is 4.83. The SMILES string of the molecule is COc1ccc(CN(CCc2ccccc2OC)C(=O)COc2ccccc2)cc1. The van der Waals surface area contributed by atoms with Gasteiger partial charge in [-0.05, 0) is 47.9 Å². The molecule has 0 atom stereocenters. The largest absolute Gasteiger partial charge is 0.497 e. The van der Waals surface area contributed by atoms with Gasteiger partial charge in [0.25, 0.3) is 5.91 Å². The summed E-state index contributed by atoms with van der Waals surface area (Å²) in [6.45, 7) is 1.05. The number of rotatable bonds is 10. The number of carbonyl (C=O) groups is 1. The second-order valence-corrected chi connectivity index (χ2v) is 6.83. The molecule has 0 spiro atoms. The van der Waals surface area contributed by atoms with Gasteiger partial charge in [-0.25, -0.2) is 0 Å². The van der Waals surface area contributed by atoms with E-state index in [1.54, 1.807) is 14.2 Å². The maximum Gasteiger partial charge on any atom is 0.260 e. The van der Waals surface area contributed by atoms with Gasteiger partial charge in [-0.1, -0.05) is 48.5 Å². The van der Waals surface area contributed by atoms with Gasteiger partial charge in [0.15, 0.2) is 6.61 Å². The third-order valence-electron chi connectivity index (χ3n) is 4.83. The summed E-state index contributed by atoms with van der Waals surface area (Å²) < 4.78 is 16.4. The summed E-state index contributed by atoms with van der Waals surface area (Å²) in [6.07, 6.45) is 0.692. The minimum Gasteiger partial charge on any atom is -0.497 e. The summed E-state index contributed by atoms with van der Waals surface area (Å²) in [4.78, 5) is 14.8. The van der Waals surface area contributed by atoms with Crippen LogP contribution in [0.3, 0.4) is 0 Å². The van der Waals surface area contributed by atoms with E-state index < -0.39 is 0 Å². The number of para-hydroxylation sites is 2. The van der Waals surface area contributed by atoms with Crippen molar-refractivity contribution >= 4 is 5.91 Å². The molecule has 156 valence electrons. The molecule has 5 heteroatoms. The van der Waals surface area contributed by atoms with Crippen LogP contribution in [0.15, 0.2) is 78.9 Å². The normalized spacial score (nSPS) is 10.3. The first kappa shape index (κ1) is 21.2. The lowest BCUT2D eigenvalue weighted by Gasteiger charge is -2.23. The highest BCUT2D eigenvalue weighted by molar-refractivity contribution is 5.77. The molecular weight excluding hydrogens is 378 g/mol. The Balaban J connectivity index is 1.70. The van der Waals surface area contributed by atoms with Crippen molar-refractivity contribution in [2.75, 3.05) is 27.4 Å². The number of nitrogens with zero attached hydrogens (tertiary/aromatic N) is 1. The maximum absolute atomic E-state index is 13.0. The van der Waals surface area contributed by atoms with Crippen LogP contribution in [0.25, 0.3) is 0 Å². The monoisotopic (exact) mass is 405 g/mol. The van der Waals surface area contributed by atoms with Gasteiger partial charge in [0.2, 0.25) is 0 Å². The minimum atomic E-state index is -0.0652. The Bertz CT molecular complexity index is 925. The zero-order chi connectivity index (χ0) is 21.2. The molecule has 0 aromatic heterocycles. The summed E-state index contributed by atoms with van der Waals surface area (Å²) in [7, 11) is 3.30. The first-order valence-electron chi connectivity index (χ1n) is 9.90. The lowest BCUT2D eigenvalue weighted by molar-refractivity contribution is -0.134. The van der Waals surface area contributed by atoms with Crippen molar-refractivity contribution in [2.24, 2.45) is 0 Å². The van der Waals surface area contributed by atoms with E-state index >= 15 is 0 Å². The average molecular weight is 405 g/mol. The highest BCUT2D eigenvalue weighted by atomic mass is 16.5. The second-order valence-electron chi connectivity index (χ2n) is 6.83. The fourth-order valence-corrected chi connectivity index (χ4v) is 3.16. The Kier molecular flexibility index (Phi) is 7.72. The molecule has 0 saturated carbocycles. The summed E-state index contributed by atoms with van der Waals surface area (Å²) in [5, 5.41) is 0. The number of amides is 1. The van der Waals surface area contributed by atoms with E-state index in [0.717, 1.165) is 22.6 Å². The van der Waals surface area contributed by atoms with Crippen LogP contribution in [0.1, 0.15) is 11.1 Å². The molecule has 3 aromatic carbocycles. The fraction of sp³-hybridized carbons (Fsp3) is 0.240. The van der Waals surface area contributed by atoms with Gasteiger partial charge in [0.05, 0.1) is 14.2 Å². The smallest absolute Gasteiger partial charge is 0.260 e. The van der Waals surface area contributed by atoms with E-state index in [0.29, 0.717) is 25.3 Å². The fourth-order valence-electron chi connectivity index (χ4n) is 3.16. The van der Waals surface area contributed by atoms with E-state index in [9.17, 15) is 4.79 Å². The molecule has 30 heavy (non-hydrogen) atoms. The first-order valence-corrected chi connectivity index (χ1v) is 9.90. The summed E-state index contributed by atoms with van der Waals surface area (Å²) in [6, 6.07) is 25.0. The zero-order valence-electron chi connectivity index (χ0n) is 17.4. The number of carbonyl (C=O) groups excluding carboxylic acids is 1.